The molecule has 18 heavy (non-hydrogen) atoms. The Morgan fingerprint density at radius 1 is 1.44 bits per heavy atom. The van der Waals surface area contributed by atoms with Crippen LogP contribution in [-0.2, 0) is 6.54 Å². The van der Waals surface area contributed by atoms with Crippen LogP contribution in [0, 0.1) is 0 Å². The third-order valence-electron chi connectivity index (χ3n) is 3.02. The summed E-state index contributed by atoms with van der Waals surface area (Å²) in [5.41, 5.74) is 0.829. The summed E-state index contributed by atoms with van der Waals surface area (Å²) in [5.74, 6) is 0. The average molecular weight is 255 g/mol. The van der Waals surface area contributed by atoms with Gasteiger partial charge in [0.05, 0.1) is 5.69 Å². The van der Waals surface area contributed by atoms with Crippen molar-refractivity contribution in [1.82, 2.24) is 15.2 Å². The van der Waals surface area contributed by atoms with E-state index in [1.807, 2.05) is 14.1 Å². The van der Waals surface area contributed by atoms with Crippen molar-refractivity contribution < 1.29 is 9.15 Å². The molecule has 0 saturated carbocycles. The molecule has 0 amide bonds. The fourth-order valence-corrected chi connectivity index (χ4v) is 1.20. The zero-order valence-corrected chi connectivity index (χ0v) is 12.1. The van der Waals surface area contributed by atoms with Crippen LogP contribution in [-0.4, -0.2) is 42.7 Å². The van der Waals surface area contributed by atoms with Gasteiger partial charge in [-0.15, -0.1) is 0 Å². The monoisotopic (exact) mass is 255 g/mol. The number of hydrogen-bond acceptors (Lipinski definition) is 5. The first-order valence-electron chi connectivity index (χ1n) is 6.41. The maximum Gasteiger partial charge on any atom is 0.393 e. The number of nitrogens with one attached hydrogen (secondary N) is 1. The molecule has 0 fully saturated rings. The summed E-state index contributed by atoms with van der Waals surface area (Å²) in [6.07, 6.45) is 3.09. The molecule has 1 aromatic heterocycles. The number of nitrogens with zero attached hydrogens (tertiary/aromatic N) is 2. The quantitative estimate of drug-likeness (QED) is 0.719. The average Bonchev–Trinajstić information content (AvgIpc) is 2.75. The van der Waals surface area contributed by atoms with Crippen LogP contribution in [0.3, 0.4) is 0 Å². The smallest absolute Gasteiger partial charge is 0.393 e. The minimum absolute atomic E-state index is 0.0465. The SMILES string of the molecule is CCCNCc1coc(OCC(C)(C)N(C)C)n1. The second kappa shape index (κ2) is 6.75. The second-order valence-corrected chi connectivity index (χ2v) is 5.28. The van der Waals surface area contributed by atoms with E-state index in [-0.39, 0.29) is 5.54 Å². The molecule has 5 heteroatoms. The Morgan fingerprint density at radius 3 is 2.78 bits per heavy atom. The Bertz CT molecular complexity index is 348. The number of aromatic nitrogens is 1. The minimum atomic E-state index is -0.0465. The van der Waals surface area contributed by atoms with Gasteiger partial charge in [0.15, 0.2) is 0 Å². The molecule has 0 aromatic carbocycles. The predicted octanol–water partition coefficient (Wildman–Crippen LogP) is 1.89. The Morgan fingerprint density at radius 2 is 2.17 bits per heavy atom. The van der Waals surface area contributed by atoms with Crippen molar-refractivity contribution in [3.05, 3.63) is 12.0 Å². The lowest BCUT2D eigenvalue weighted by molar-refractivity contribution is 0.0928. The first kappa shape index (κ1) is 15.0. The van der Waals surface area contributed by atoms with Crippen molar-refractivity contribution in [3.63, 3.8) is 0 Å². The maximum atomic E-state index is 5.57. The summed E-state index contributed by atoms with van der Waals surface area (Å²) in [6.45, 7) is 8.60. The number of ether oxygens (including phenoxy) is 1. The van der Waals surface area contributed by atoms with Crippen LogP contribution in [0.4, 0.5) is 0 Å². The van der Waals surface area contributed by atoms with E-state index in [1.54, 1.807) is 6.26 Å². The Hall–Kier alpha value is -1.07. The standard InChI is InChI=1S/C13H25N3O2/c1-6-7-14-8-11-9-17-12(15-11)18-10-13(2,3)16(4)5/h9,14H,6-8,10H2,1-5H3. The molecule has 0 aliphatic rings. The molecule has 0 unspecified atom stereocenters. The van der Waals surface area contributed by atoms with Crippen LogP contribution in [0.2, 0.25) is 0 Å². The van der Waals surface area contributed by atoms with Gasteiger partial charge in [0.2, 0.25) is 0 Å². The Kier molecular flexibility index (Phi) is 5.62. The molecule has 0 atom stereocenters. The first-order valence-corrected chi connectivity index (χ1v) is 6.41. The molecule has 1 rings (SSSR count). The van der Waals surface area contributed by atoms with E-state index in [4.69, 9.17) is 9.15 Å². The summed E-state index contributed by atoms with van der Waals surface area (Å²) in [6, 6.07) is 0. The van der Waals surface area contributed by atoms with Gasteiger partial charge in [-0.05, 0) is 40.9 Å². The zero-order valence-electron chi connectivity index (χ0n) is 12.1. The van der Waals surface area contributed by atoms with E-state index in [0.717, 1.165) is 25.2 Å². The van der Waals surface area contributed by atoms with Crippen molar-refractivity contribution >= 4 is 0 Å². The molecule has 0 aliphatic carbocycles. The number of oxazole rings is 1. The summed E-state index contributed by atoms with van der Waals surface area (Å²) < 4.78 is 10.9. The van der Waals surface area contributed by atoms with Gasteiger partial charge < -0.3 is 19.4 Å². The van der Waals surface area contributed by atoms with Crippen molar-refractivity contribution in [2.45, 2.75) is 39.3 Å². The molecule has 104 valence electrons. The van der Waals surface area contributed by atoms with Gasteiger partial charge in [-0.1, -0.05) is 6.92 Å². The van der Waals surface area contributed by atoms with Crippen LogP contribution in [0.15, 0.2) is 10.7 Å². The Balaban J connectivity index is 2.39. The zero-order chi connectivity index (χ0) is 13.6. The van der Waals surface area contributed by atoms with Crippen molar-refractivity contribution in [2.75, 3.05) is 27.2 Å². The van der Waals surface area contributed by atoms with Gasteiger partial charge in [-0.25, -0.2) is 0 Å². The van der Waals surface area contributed by atoms with E-state index < -0.39 is 0 Å². The molecule has 0 spiro atoms. The molecule has 5 nitrogen and oxygen atoms in total. The van der Waals surface area contributed by atoms with E-state index in [0.29, 0.717) is 12.7 Å². The Labute approximate surface area is 110 Å². The summed E-state index contributed by atoms with van der Waals surface area (Å²) >= 11 is 0. The lowest BCUT2D eigenvalue weighted by atomic mass is 10.1. The van der Waals surface area contributed by atoms with Crippen LogP contribution in [0.5, 0.6) is 6.08 Å². The number of likely N-dealkylation sites (N-methyl/N-ethyl adjacent to an activating group) is 1. The highest BCUT2D eigenvalue weighted by Crippen LogP contribution is 2.15. The molecule has 1 aromatic rings. The maximum absolute atomic E-state index is 5.57. The van der Waals surface area contributed by atoms with E-state index >= 15 is 0 Å². The van der Waals surface area contributed by atoms with Crippen LogP contribution >= 0.6 is 0 Å². The van der Waals surface area contributed by atoms with Gasteiger partial charge in [-0.3, -0.25) is 0 Å². The van der Waals surface area contributed by atoms with E-state index in [2.05, 4.69) is 36.0 Å². The van der Waals surface area contributed by atoms with Crippen molar-refractivity contribution in [1.29, 1.82) is 0 Å². The van der Waals surface area contributed by atoms with Crippen LogP contribution in [0.1, 0.15) is 32.9 Å². The molecule has 1 heterocycles. The normalized spacial score (nSPS) is 12.1. The third-order valence-corrected chi connectivity index (χ3v) is 3.02. The van der Waals surface area contributed by atoms with Gasteiger partial charge in [0.1, 0.15) is 12.9 Å². The van der Waals surface area contributed by atoms with E-state index in [1.165, 1.54) is 0 Å². The molecule has 0 saturated heterocycles. The molecule has 0 radical (unpaired) electrons. The fourth-order valence-electron chi connectivity index (χ4n) is 1.20. The van der Waals surface area contributed by atoms with Gasteiger partial charge >= 0.3 is 6.08 Å². The highest BCUT2D eigenvalue weighted by Gasteiger charge is 2.22. The number of hydrogen-bond donors (Lipinski definition) is 1. The first-order chi connectivity index (χ1) is 8.45. The highest BCUT2D eigenvalue weighted by atomic mass is 16.6. The summed E-state index contributed by atoms with van der Waals surface area (Å²) in [4.78, 5) is 6.39. The highest BCUT2D eigenvalue weighted by molar-refractivity contribution is 5.00. The van der Waals surface area contributed by atoms with E-state index in [9.17, 15) is 0 Å². The third kappa shape index (κ3) is 4.66. The lowest BCUT2D eigenvalue weighted by Crippen LogP contribution is -2.43. The van der Waals surface area contributed by atoms with Gasteiger partial charge in [0, 0.05) is 12.1 Å². The molecule has 0 aliphatic heterocycles. The minimum Gasteiger partial charge on any atom is -0.448 e. The van der Waals surface area contributed by atoms with Gasteiger partial charge in [-0.2, -0.15) is 4.98 Å². The fraction of sp³-hybridized carbons (Fsp3) is 0.769. The lowest BCUT2D eigenvalue weighted by Gasteiger charge is -2.31. The number of rotatable bonds is 8. The molecule has 1 N–H and O–H groups in total. The topological polar surface area (TPSA) is 50.5 Å². The predicted molar refractivity (Wildman–Crippen MR) is 71.8 cm³/mol. The summed E-state index contributed by atoms with van der Waals surface area (Å²) in [7, 11) is 4.05. The largest absolute Gasteiger partial charge is 0.448 e. The van der Waals surface area contributed by atoms with Crippen molar-refractivity contribution in [2.24, 2.45) is 0 Å². The second-order valence-electron chi connectivity index (χ2n) is 5.28. The summed E-state index contributed by atoms with van der Waals surface area (Å²) in [5, 5.41) is 3.27. The molecular formula is C13H25N3O2. The van der Waals surface area contributed by atoms with Crippen molar-refractivity contribution in [3.8, 4) is 6.08 Å². The van der Waals surface area contributed by atoms with Crippen LogP contribution in [0.25, 0.3) is 0 Å². The van der Waals surface area contributed by atoms with Crippen LogP contribution < -0.4 is 10.1 Å². The molecular weight excluding hydrogens is 230 g/mol. The van der Waals surface area contributed by atoms with Gasteiger partial charge in [0.25, 0.3) is 0 Å². The molecule has 0 bridgehead atoms.